The maximum Gasteiger partial charge on any atom is 0.311 e. The predicted molar refractivity (Wildman–Crippen MR) is 121 cm³/mol. The van der Waals surface area contributed by atoms with Crippen LogP contribution in [0.15, 0.2) is 30.3 Å². The minimum absolute atomic E-state index is 0.109. The van der Waals surface area contributed by atoms with Crippen molar-refractivity contribution in [2.75, 3.05) is 20.3 Å². The molecule has 0 radical (unpaired) electrons. The number of unbranched alkanes of at least 4 members (excludes halogenated alkanes) is 1. The normalized spacial score (nSPS) is 17.1. The van der Waals surface area contributed by atoms with Crippen LogP contribution in [-0.2, 0) is 19.1 Å². The van der Waals surface area contributed by atoms with Gasteiger partial charge in [0.15, 0.2) is 0 Å². The molecule has 0 saturated heterocycles. The molecule has 0 saturated carbocycles. The van der Waals surface area contributed by atoms with Gasteiger partial charge >= 0.3 is 11.9 Å². The average Bonchev–Trinajstić information content (AvgIpc) is 2.78. The fourth-order valence-corrected chi connectivity index (χ4v) is 4.16. The van der Waals surface area contributed by atoms with Crippen molar-refractivity contribution >= 4 is 11.9 Å². The second-order valence-corrected chi connectivity index (χ2v) is 9.13. The maximum absolute atomic E-state index is 13.2. The van der Waals surface area contributed by atoms with Gasteiger partial charge in [-0.05, 0) is 63.9 Å². The highest BCUT2D eigenvalue weighted by atomic mass is 16.5. The van der Waals surface area contributed by atoms with Crippen LogP contribution in [0, 0.1) is 10.8 Å². The molecule has 0 heterocycles. The van der Waals surface area contributed by atoms with E-state index in [0.717, 1.165) is 5.56 Å². The molecular weight excluding hydrogens is 396 g/mol. The lowest BCUT2D eigenvalue weighted by Crippen LogP contribution is -2.40. The van der Waals surface area contributed by atoms with Gasteiger partial charge in [-0.3, -0.25) is 9.59 Å². The van der Waals surface area contributed by atoms with Crippen molar-refractivity contribution in [1.29, 1.82) is 0 Å². The highest BCUT2D eigenvalue weighted by Crippen LogP contribution is 2.44. The Morgan fingerprint density at radius 1 is 1.06 bits per heavy atom. The third-order valence-electron chi connectivity index (χ3n) is 6.23. The third kappa shape index (κ3) is 8.26. The molecule has 1 aromatic rings. The average molecular weight is 437 g/mol. The number of hydrogen-bond acceptors (Lipinski definition) is 6. The summed E-state index contributed by atoms with van der Waals surface area (Å²) in [6, 6.07) is 10.0. The molecule has 0 aliphatic rings. The molecule has 4 unspecified atom stereocenters. The van der Waals surface area contributed by atoms with Crippen LogP contribution >= 0.6 is 0 Å². The molecule has 0 aliphatic heterocycles. The van der Waals surface area contributed by atoms with Crippen molar-refractivity contribution in [3.63, 3.8) is 0 Å². The van der Waals surface area contributed by atoms with E-state index in [-0.39, 0.29) is 31.1 Å². The van der Waals surface area contributed by atoms with Gasteiger partial charge in [-0.1, -0.05) is 44.2 Å². The molecule has 6 nitrogen and oxygen atoms in total. The van der Waals surface area contributed by atoms with Crippen molar-refractivity contribution in [3.8, 4) is 0 Å². The first-order valence-corrected chi connectivity index (χ1v) is 11.2. The number of esters is 2. The largest absolute Gasteiger partial charge is 0.469 e. The molecule has 4 atom stereocenters. The van der Waals surface area contributed by atoms with Gasteiger partial charge in [-0.15, -0.1) is 0 Å². The smallest absolute Gasteiger partial charge is 0.311 e. The van der Waals surface area contributed by atoms with E-state index < -0.39 is 16.9 Å². The van der Waals surface area contributed by atoms with Crippen LogP contribution in [0.3, 0.4) is 0 Å². The number of carbonyl (C=O) groups excluding carboxylic acids is 2. The fourth-order valence-electron chi connectivity index (χ4n) is 4.16. The van der Waals surface area contributed by atoms with E-state index in [9.17, 15) is 14.7 Å². The number of benzene rings is 1. The van der Waals surface area contributed by atoms with Gasteiger partial charge in [0.2, 0.25) is 0 Å². The zero-order valence-electron chi connectivity index (χ0n) is 19.7. The van der Waals surface area contributed by atoms with E-state index in [1.54, 1.807) is 0 Å². The fraction of sp³-hybridized carbons (Fsp3) is 0.680. The summed E-state index contributed by atoms with van der Waals surface area (Å²) >= 11 is 0. The minimum atomic E-state index is -0.862. The summed E-state index contributed by atoms with van der Waals surface area (Å²) in [6.45, 7) is 7.70. The molecule has 0 amide bonds. The van der Waals surface area contributed by atoms with E-state index in [1.165, 1.54) is 7.11 Å². The Morgan fingerprint density at radius 3 is 2.26 bits per heavy atom. The van der Waals surface area contributed by atoms with Crippen LogP contribution in [0.5, 0.6) is 0 Å². The van der Waals surface area contributed by atoms with Gasteiger partial charge < -0.3 is 19.7 Å². The molecule has 0 aliphatic carbocycles. The van der Waals surface area contributed by atoms with E-state index in [2.05, 4.69) is 6.92 Å². The Hall–Kier alpha value is -1.92. The number of rotatable bonds is 14. The second kappa shape index (κ2) is 12.8. The summed E-state index contributed by atoms with van der Waals surface area (Å²) in [5, 5.41) is 18.3. The van der Waals surface area contributed by atoms with Gasteiger partial charge in [0.1, 0.15) is 0 Å². The van der Waals surface area contributed by atoms with Gasteiger partial charge in [-0.2, -0.15) is 0 Å². The Bertz CT molecular complexity index is 676. The number of hydrogen-bond donors (Lipinski definition) is 2. The Labute approximate surface area is 187 Å². The topological polar surface area (TPSA) is 93.1 Å². The monoisotopic (exact) mass is 436 g/mol. The van der Waals surface area contributed by atoms with Gasteiger partial charge in [0.05, 0.1) is 37.3 Å². The lowest BCUT2D eigenvalue weighted by molar-refractivity contribution is -0.163. The quantitative estimate of drug-likeness (QED) is 0.335. The Morgan fingerprint density at radius 2 is 1.71 bits per heavy atom. The van der Waals surface area contributed by atoms with Gasteiger partial charge in [-0.25, -0.2) is 0 Å². The standard InChI is InChI=1S/C25H40O6/c1-6-24(3,22(28)30-5)18-25(4,16-19(2)20-12-8-7-9-13-20)23(29)31-15-11-10-14-21(27)17-26/h7-9,12-13,19,21,26-27H,6,10-11,14-18H2,1-5H3. The molecule has 2 N–H and O–H groups in total. The maximum atomic E-state index is 13.2. The molecule has 0 spiro atoms. The number of aliphatic hydroxyl groups is 2. The molecule has 6 heteroatoms. The summed E-state index contributed by atoms with van der Waals surface area (Å²) < 4.78 is 10.7. The zero-order chi connectivity index (χ0) is 23.5. The van der Waals surface area contributed by atoms with Crippen LogP contribution in [-0.4, -0.2) is 48.6 Å². The highest BCUT2D eigenvalue weighted by molar-refractivity contribution is 5.80. The molecule has 0 fully saturated rings. The summed E-state index contributed by atoms with van der Waals surface area (Å²) in [5.74, 6) is -0.529. The SMILES string of the molecule is CCC(C)(CC(C)(CC(C)c1ccccc1)C(=O)OCCCCC(O)CO)C(=O)OC. The minimum Gasteiger partial charge on any atom is -0.469 e. The van der Waals surface area contributed by atoms with E-state index >= 15 is 0 Å². The van der Waals surface area contributed by atoms with Crippen molar-refractivity contribution in [2.45, 2.75) is 78.2 Å². The summed E-state index contributed by atoms with van der Waals surface area (Å²) in [5.41, 5.74) is -0.515. The first-order chi connectivity index (χ1) is 14.6. The lowest BCUT2D eigenvalue weighted by Gasteiger charge is -2.37. The Balaban J connectivity index is 2.95. The Kier molecular flexibility index (Phi) is 11.2. The number of ether oxygens (including phenoxy) is 2. The molecule has 31 heavy (non-hydrogen) atoms. The van der Waals surface area contributed by atoms with Crippen molar-refractivity contribution in [2.24, 2.45) is 10.8 Å². The first kappa shape index (κ1) is 27.1. The van der Waals surface area contributed by atoms with E-state index in [1.807, 2.05) is 51.1 Å². The molecule has 176 valence electrons. The van der Waals surface area contributed by atoms with Crippen molar-refractivity contribution < 1.29 is 29.3 Å². The molecule has 0 bridgehead atoms. The lowest BCUT2D eigenvalue weighted by atomic mass is 9.67. The third-order valence-corrected chi connectivity index (χ3v) is 6.23. The van der Waals surface area contributed by atoms with Crippen LogP contribution < -0.4 is 0 Å². The number of carbonyl (C=O) groups is 2. The zero-order valence-corrected chi connectivity index (χ0v) is 19.7. The van der Waals surface area contributed by atoms with Crippen LogP contribution in [0.2, 0.25) is 0 Å². The molecule has 1 rings (SSSR count). The molecule has 0 aromatic heterocycles. The summed E-state index contributed by atoms with van der Waals surface area (Å²) in [7, 11) is 1.37. The van der Waals surface area contributed by atoms with E-state index in [0.29, 0.717) is 38.5 Å². The molecule has 1 aromatic carbocycles. The number of methoxy groups -OCH3 is 1. The van der Waals surface area contributed by atoms with Crippen molar-refractivity contribution in [3.05, 3.63) is 35.9 Å². The highest BCUT2D eigenvalue weighted by Gasteiger charge is 2.46. The first-order valence-electron chi connectivity index (χ1n) is 11.2. The van der Waals surface area contributed by atoms with Gasteiger partial charge in [0, 0.05) is 0 Å². The van der Waals surface area contributed by atoms with Gasteiger partial charge in [0.25, 0.3) is 0 Å². The second-order valence-electron chi connectivity index (χ2n) is 9.13. The van der Waals surface area contributed by atoms with Crippen LogP contribution in [0.4, 0.5) is 0 Å². The predicted octanol–water partition coefficient (Wildman–Crippen LogP) is 4.23. The van der Waals surface area contributed by atoms with Crippen molar-refractivity contribution in [1.82, 2.24) is 0 Å². The van der Waals surface area contributed by atoms with E-state index in [4.69, 9.17) is 14.6 Å². The van der Waals surface area contributed by atoms with Crippen LogP contribution in [0.25, 0.3) is 0 Å². The summed E-state index contributed by atoms with van der Waals surface area (Å²) in [6.07, 6.45) is 2.43. The number of aliphatic hydroxyl groups excluding tert-OH is 2. The van der Waals surface area contributed by atoms with Crippen LogP contribution in [0.1, 0.15) is 77.7 Å². The summed E-state index contributed by atoms with van der Waals surface area (Å²) in [4.78, 5) is 25.7. The molecular formula is C25H40O6.